The quantitative estimate of drug-likeness (QED) is 0.446. The van der Waals surface area contributed by atoms with Crippen molar-refractivity contribution in [2.75, 3.05) is 18.0 Å². The van der Waals surface area contributed by atoms with Crippen molar-refractivity contribution in [1.29, 1.82) is 0 Å². The summed E-state index contributed by atoms with van der Waals surface area (Å²) in [4.78, 5) is 25.5. The van der Waals surface area contributed by atoms with E-state index in [2.05, 4.69) is 11.2 Å². The highest BCUT2D eigenvalue weighted by Crippen LogP contribution is 2.20. The number of hydrogen-bond donors (Lipinski definition) is 1. The number of carbonyl (C=O) groups excluding carboxylic acids is 2. The van der Waals surface area contributed by atoms with Crippen molar-refractivity contribution in [3.63, 3.8) is 0 Å². The van der Waals surface area contributed by atoms with E-state index in [1.807, 2.05) is 76.2 Å². The lowest BCUT2D eigenvalue weighted by atomic mass is 10.1. The van der Waals surface area contributed by atoms with E-state index in [9.17, 15) is 9.59 Å². The zero-order valence-electron chi connectivity index (χ0n) is 19.1. The van der Waals surface area contributed by atoms with Crippen LogP contribution in [-0.2, 0) is 4.74 Å². The molecule has 2 amide bonds. The Hall–Kier alpha value is -3.72. The molecule has 6 nitrogen and oxygen atoms in total. The van der Waals surface area contributed by atoms with Crippen LogP contribution in [0.2, 0.25) is 0 Å². The topological polar surface area (TPSA) is 67.9 Å². The third-order valence-electron chi connectivity index (χ3n) is 4.15. The van der Waals surface area contributed by atoms with Gasteiger partial charge in [-0.3, -0.25) is 4.90 Å². The maximum absolute atomic E-state index is 12.5. The first-order valence-electron chi connectivity index (χ1n) is 10.5. The molecule has 0 bridgehead atoms. The molecule has 0 aromatic heterocycles. The number of benzene rings is 2. The number of nitrogens with one attached hydrogen (secondary N) is 1. The lowest BCUT2D eigenvalue weighted by molar-refractivity contribution is 0.0585. The first kappa shape index (κ1) is 24.5. The molecule has 2 aromatic carbocycles. The Labute approximate surface area is 190 Å². The van der Waals surface area contributed by atoms with Crippen molar-refractivity contribution in [1.82, 2.24) is 5.32 Å². The summed E-state index contributed by atoms with van der Waals surface area (Å²) in [6.45, 7) is 8.11. The second-order valence-corrected chi connectivity index (χ2v) is 8.08. The molecule has 6 heteroatoms. The Morgan fingerprint density at radius 2 is 1.59 bits per heavy atom. The van der Waals surface area contributed by atoms with E-state index in [1.54, 1.807) is 12.1 Å². The van der Waals surface area contributed by atoms with Crippen LogP contribution in [0.5, 0.6) is 5.75 Å². The summed E-state index contributed by atoms with van der Waals surface area (Å²) in [6.07, 6.45) is 9.24. The normalized spacial score (nSPS) is 11.0. The first-order valence-corrected chi connectivity index (χ1v) is 10.5. The van der Waals surface area contributed by atoms with E-state index in [-0.39, 0.29) is 6.54 Å². The number of nitrogens with zero attached hydrogens (tertiary/aromatic N) is 1. The van der Waals surface area contributed by atoms with Crippen LogP contribution in [0, 0.1) is 12.3 Å². The first-order chi connectivity index (χ1) is 15.2. The van der Waals surface area contributed by atoms with Crippen molar-refractivity contribution in [3.05, 3.63) is 59.7 Å². The molecular weight excluding hydrogens is 404 g/mol. The lowest BCUT2D eigenvalue weighted by Crippen LogP contribution is -2.37. The van der Waals surface area contributed by atoms with Crippen LogP contribution in [0.1, 0.15) is 45.2 Å². The molecule has 0 atom stereocenters. The zero-order chi connectivity index (χ0) is 23.6. The van der Waals surface area contributed by atoms with Gasteiger partial charge in [0, 0.05) is 12.2 Å². The van der Waals surface area contributed by atoms with Gasteiger partial charge < -0.3 is 14.8 Å². The molecule has 0 aliphatic rings. The molecule has 2 rings (SSSR count). The fourth-order valence-corrected chi connectivity index (χ4v) is 2.64. The number of anilines is 1. The van der Waals surface area contributed by atoms with Crippen LogP contribution in [-0.4, -0.2) is 30.9 Å². The average molecular weight is 435 g/mol. The van der Waals surface area contributed by atoms with Crippen molar-refractivity contribution in [2.24, 2.45) is 0 Å². The minimum atomic E-state index is -0.605. The maximum atomic E-state index is 12.5. The molecule has 168 valence electrons. The smallest absolute Gasteiger partial charge is 0.415 e. The standard InChI is InChI=1S/C26H30N2O4/c1-6-18-27-24(29)31-23-16-12-21(13-17-23)9-8-20-10-14-22(15-11-20)28(19-7-2)25(30)32-26(3,4)5/h2,8-17H,6,18-19H2,1,3-5H3,(H,27,29)/b9-8+. The second kappa shape index (κ2) is 11.6. The highest BCUT2D eigenvalue weighted by molar-refractivity contribution is 5.88. The van der Waals surface area contributed by atoms with Crippen LogP contribution in [0.3, 0.4) is 0 Å². The summed E-state index contributed by atoms with van der Waals surface area (Å²) in [6, 6.07) is 14.7. The minimum absolute atomic E-state index is 0.120. The summed E-state index contributed by atoms with van der Waals surface area (Å²) in [5.74, 6) is 2.98. The van der Waals surface area contributed by atoms with Crippen LogP contribution in [0.25, 0.3) is 12.2 Å². The number of ether oxygens (including phenoxy) is 2. The molecule has 32 heavy (non-hydrogen) atoms. The van der Waals surface area contributed by atoms with Gasteiger partial charge in [0.25, 0.3) is 0 Å². The molecular formula is C26H30N2O4. The lowest BCUT2D eigenvalue weighted by Gasteiger charge is -2.26. The Balaban J connectivity index is 2.02. The fourth-order valence-electron chi connectivity index (χ4n) is 2.64. The van der Waals surface area contributed by atoms with E-state index in [0.717, 1.165) is 17.5 Å². The molecule has 0 saturated heterocycles. The molecule has 0 saturated carbocycles. The molecule has 0 spiro atoms. The summed E-state index contributed by atoms with van der Waals surface area (Å²) in [5, 5.41) is 2.66. The average Bonchev–Trinajstić information content (AvgIpc) is 2.75. The van der Waals surface area contributed by atoms with Crippen molar-refractivity contribution >= 4 is 30.0 Å². The number of amides is 2. The van der Waals surface area contributed by atoms with Gasteiger partial charge in [-0.15, -0.1) is 6.42 Å². The Kier molecular flexibility index (Phi) is 8.91. The number of carbonyl (C=O) groups is 2. The SMILES string of the molecule is C#CCN(C(=O)OC(C)(C)C)c1ccc(/C=C/c2ccc(OC(=O)NCCC)cc2)cc1. The Morgan fingerprint density at radius 1 is 1.03 bits per heavy atom. The van der Waals surface area contributed by atoms with Gasteiger partial charge in [0.15, 0.2) is 0 Å². The molecule has 0 fully saturated rings. The van der Waals surface area contributed by atoms with Crippen molar-refractivity contribution in [3.8, 4) is 18.1 Å². The molecule has 0 unspecified atom stereocenters. The van der Waals surface area contributed by atoms with Crippen molar-refractivity contribution < 1.29 is 19.1 Å². The van der Waals surface area contributed by atoms with E-state index >= 15 is 0 Å². The summed E-state index contributed by atoms with van der Waals surface area (Å²) in [5.41, 5.74) is 1.97. The third kappa shape index (κ3) is 8.19. The summed E-state index contributed by atoms with van der Waals surface area (Å²) < 4.78 is 10.6. The predicted octanol–water partition coefficient (Wildman–Crippen LogP) is 5.73. The molecule has 0 heterocycles. The number of rotatable bonds is 7. The van der Waals surface area contributed by atoms with Gasteiger partial charge in [-0.2, -0.15) is 0 Å². The maximum Gasteiger partial charge on any atom is 0.415 e. The molecule has 1 N–H and O–H groups in total. The molecule has 0 aliphatic heterocycles. The van der Waals surface area contributed by atoms with Gasteiger partial charge in [-0.1, -0.05) is 49.3 Å². The van der Waals surface area contributed by atoms with E-state index in [4.69, 9.17) is 15.9 Å². The highest BCUT2D eigenvalue weighted by Gasteiger charge is 2.22. The number of hydrogen-bond acceptors (Lipinski definition) is 4. The van der Waals surface area contributed by atoms with Gasteiger partial charge in [0.2, 0.25) is 0 Å². The van der Waals surface area contributed by atoms with Crippen LogP contribution >= 0.6 is 0 Å². The second-order valence-electron chi connectivity index (χ2n) is 8.08. The van der Waals surface area contributed by atoms with Gasteiger partial charge in [0.1, 0.15) is 11.4 Å². The summed E-state index contributed by atoms with van der Waals surface area (Å²) >= 11 is 0. The zero-order valence-corrected chi connectivity index (χ0v) is 19.1. The monoisotopic (exact) mass is 434 g/mol. The van der Waals surface area contributed by atoms with Crippen LogP contribution in [0.15, 0.2) is 48.5 Å². The molecule has 0 radical (unpaired) electrons. The van der Waals surface area contributed by atoms with E-state index < -0.39 is 17.8 Å². The van der Waals surface area contributed by atoms with E-state index in [0.29, 0.717) is 18.0 Å². The van der Waals surface area contributed by atoms with Gasteiger partial charge in [-0.05, 0) is 62.6 Å². The largest absolute Gasteiger partial charge is 0.443 e. The fraction of sp³-hybridized carbons (Fsp3) is 0.308. The molecule has 2 aromatic rings. The predicted molar refractivity (Wildman–Crippen MR) is 129 cm³/mol. The van der Waals surface area contributed by atoms with E-state index in [1.165, 1.54) is 4.90 Å². The van der Waals surface area contributed by atoms with Gasteiger partial charge in [0.05, 0.1) is 6.54 Å². The van der Waals surface area contributed by atoms with Crippen molar-refractivity contribution in [2.45, 2.75) is 39.7 Å². The number of terminal acetylenes is 1. The summed E-state index contributed by atoms with van der Waals surface area (Å²) in [7, 11) is 0. The third-order valence-corrected chi connectivity index (χ3v) is 4.15. The highest BCUT2D eigenvalue weighted by atomic mass is 16.6. The van der Waals surface area contributed by atoms with Gasteiger partial charge >= 0.3 is 12.2 Å². The Bertz CT molecular complexity index is 965. The Morgan fingerprint density at radius 3 is 2.09 bits per heavy atom. The van der Waals surface area contributed by atoms with Crippen LogP contribution in [0.4, 0.5) is 15.3 Å². The minimum Gasteiger partial charge on any atom is -0.443 e. The van der Waals surface area contributed by atoms with Crippen LogP contribution < -0.4 is 15.0 Å². The molecule has 0 aliphatic carbocycles. The van der Waals surface area contributed by atoms with Gasteiger partial charge in [-0.25, -0.2) is 9.59 Å².